The molecule has 40 heavy (non-hydrogen) atoms. The molecule has 0 spiro atoms. The lowest BCUT2D eigenvalue weighted by atomic mass is 9.63. The number of halogens is 3. The van der Waals surface area contributed by atoms with Crippen LogP contribution in [0.15, 0.2) is 24.4 Å². The lowest BCUT2D eigenvalue weighted by Crippen LogP contribution is -2.70. The van der Waals surface area contributed by atoms with Gasteiger partial charge in [0.15, 0.2) is 20.8 Å². The number of fused-ring (bicyclic) bond motifs is 3. The summed E-state index contributed by atoms with van der Waals surface area (Å²) < 4.78 is 66.3. The number of hydrogen-bond acceptors (Lipinski definition) is 6. The fourth-order valence-corrected chi connectivity index (χ4v) is 7.55. The summed E-state index contributed by atoms with van der Waals surface area (Å²) in [5, 5.41) is 10.1. The molecular weight excluding hydrogens is 539 g/mol. The average Bonchev–Trinajstić information content (AvgIpc) is 3.16. The molecule has 0 amide bonds. The summed E-state index contributed by atoms with van der Waals surface area (Å²) in [5.41, 5.74) is 1.63. The van der Waals surface area contributed by atoms with Crippen LogP contribution in [0.5, 0.6) is 5.75 Å². The Hall–Kier alpha value is -2.47. The van der Waals surface area contributed by atoms with Crippen LogP contribution in [0, 0.1) is 13.8 Å². The Morgan fingerprint density at radius 1 is 1.02 bits per heavy atom. The summed E-state index contributed by atoms with van der Waals surface area (Å²) in [6.45, 7) is 15.8. The van der Waals surface area contributed by atoms with Gasteiger partial charge >= 0.3 is 6.18 Å². The van der Waals surface area contributed by atoms with E-state index < -0.39 is 20.1 Å². The van der Waals surface area contributed by atoms with E-state index in [4.69, 9.17) is 18.6 Å². The third-order valence-electron chi connectivity index (χ3n) is 8.79. The van der Waals surface area contributed by atoms with E-state index in [0.29, 0.717) is 30.0 Å². The third-order valence-corrected chi connectivity index (χ3v) is 13.3. The minimum absolute atomic E-state index is 0.0470. The average molecular weight is 578 g/mol. The van der Waals surface area contributed by atoms with Gasteiger partial charge in [-0.15, -0.1) is 10.2 Å². The van der Waals surface area contributed by atoms with Gasteiger partial charge in [-0.05, 0) is 61.3 Å². The molecule has 6 rings (SSSR count). The zero-order chi connectivity index (χ0) is 29.3. The van der Waals surface area contributed by atoms with E-state index in [1.54, 1.807) is 6.92 Å². The monoisotopic (exact) mass is 577 g/mol. The number of hydrogen-bond donors (Lipinski definition) is 0. The second kappa shape index (κ2) is 9.54. The van der Waals surface area contributed by atoms with Gasteiger partial charge in [0.2, 0.25) is 0 Å². The number of aromatic nitrogens is 3. The SMILES string of the molecule is COCOc1cc(C(F)(F)F)cc(C)c1-c1cc2c(C)cn(C34COCC(O[Si](C)(C)C(C)(C)C)(C3)C4)c2nn1. The zero-order valence-corrected chi connectivity index (χ0v) is 25.5. The number of benzene rings is 1. The van der Waals surface area contributed by atoms with Crippen molar-refractivity contribution in [1.29, 1.82) is 0 Å². The second-order valence-electron chi connectivity index (χ2n) is 13.0. The molecule has 7 nitrogen and oxygen atoms in total. The number of nitrogens with zero attached hydrogens (tertiary/aromatic N) is 3. The molecule has 4 heterocycles. The third kappa shape index (κ3) is 4.84. The highest BCUT2D eigenvalue weighted by Crippen LogP contribution is 2.56. The van der Waals surface area contributed by atoms with Gasteiger partial charge in [0.05, 0.1) is 35.6 Å². The van der Waals surface area contributed by atoms with Crippen LogP contribution >= 0.6 is 0 Å². The zero-order valence-electron chi connectivity index (χ0n) is 24.5. The predicted molar refractivity (Wildman–Crippen MR) is 149 cm³/mol. The fraction of sp³-hybridized carbons (Fsp3) is 0.586. The molecule has 11 heteroatoms. The first kappa shape index (κ1) is 29.0. The Morgan fingerprint density at radius 3 is 2.35 bits per heavy atom. The van der Waals surface area contributed by atoms with Crippen molar-refractivity contribution in [3.8, 4) is 17.0 Å². The van der Waals surface area contributed by atoms with Gasteiger partial charge < -0.3 is 23.2 Å². The first-order valence-corrected chi connectivity index (χ1v) is 16.4. The Balaban J connectivity index is 1.52. The Morgan fingerprint density at radius 2 is 1.73 bits per heavy atom. The molecule has 0 radical (unpaired) electrons. The number of methoxy groups -OCH3 is 1. The Bertz CT molecular complexity index is 1440. The quantitative estimate of drug-likeness (QED) is 0.223. The smallest absolute Gasteiger partial charge is 0.416 e. The molecule has 0 unspecified atom stereocenters. The summed E-state index contributed by atoms with van der Waals surface area (Å²) in [7, 11) is -0.583. The van der Waals surface area contributed by atoms with Crippen molar-refractivity contribution >= 4 is 19.4 Å². The summed E-state index contributed by atoms with van der Waals surface area (Å²) in [5.74, 6) is 0.0470. The normalized spacial score (nSPS) is 23.4. The van der Waals surface area contributed by atoms with Crippen LogP contribution in [-0.4, -0.2) is 55.8 Å². The molecule has 2 aromatic heterocycles. The highest BCUT2D eigenvalue weighted by atomic mass is 28.4. The first-order chi connectivity index (χ1) is 18.5. The van der Waals surface area contributed by atoms with Gasteiger partial charge in [0.25, 0.3) is 0 Å². The van der Waals surface area contributed by atoms with Gasteiger partial charge in [-0.3, -0.25) is 0 Å². The van der Waals surface area contributed by atoms with Crippen LogP contribution in [0.1, 0.15) is 50.3 Å². The molecule has 2 aliphatic heterocycles. The van der Waals surface area contributed by atoms with Crippen LogP contribution < -0.4 is 4.74 Å². The molecule has 1 aromatic carbocycles. The van der Waals surface area contributed by atoms with Crippen LogP contribution in [0.2, 0.25) is 18.1 Å². The van der Waals surface area contributed by atoms with Crippen molar-refractivity contribution in [2.45, 2.75) is 82.9 Å². The number of alkyl halides is 3. The number of ether oxygens (including phenoxy) is 3. The molecule has 3 fully saturated rings. The van der Waals surface area contributed by atoms with Crippen LogP contribution in [-0.2, 0) is 25.6 Å². The summed E-state index contributed by atoms with van der Waals surface area (Å²) in [4.78, 5) is 0. The molecule has 2 saturated heterocycles. The summed E-state index contributed by atoms with van der Waals surface area (Å²) in [6.07, 6.45) is -0.750. The predicted octanol–water partition coefficient (Wildman–Crippen LogP) is 7.00. The van der Waals surface area contributed by atoms with Crippen molar-refractivity contribution < 1.29 is 31.8 Å². The number of rotatable bonds is 7. The standard InChI is InChI=1S/C29H38F3N3O4Si/c1-18-9-20(29(30,31)32)10-23(38-17-36-6)24(18)22-11-21-19(2)12-35(25(21)34-33-22)27-13-28(14-27,16-37-15-27)39-40(7,8)26(3,4)5/h9-12H,13-17H2,1-8H3. The van der Waals surface area contributed by atoms with E-state index in [1.165, 1.54) is 7.11 Å². The molecular formula is C29H38F3N3O4Si. The minimum atomic E-state index is -4.51. The van der Waals surface area contributed by atoms with E-state index in [9.17, 15) is 13.2 Å². The molecule has 3 aromatic rings. The lowest BCUT2D eigenvalue weighted by Gasteiger charge is -2.62. The van der Waals surface area contributed by atoms with E-state index in [1.807, 2.05) is 13.0 Å². The van der Waals surface area contributed by atoms with Gasteiger partial charge in [-0.25, -0.2) is 0 Å². The first-order valence-electron chi connectivity index (χ1n) is 13.5. The van der Waals surface area contributed by atoms with E-state index in [2.05, 4.69) is 54.8 Å². The Kier molecular flexibility index (Phi) is 6.92. The van der Waals surface area contributed by atoms with Crippen LogP contribution in [0.4, 0.5) is 13.2 Å². The topological polar surface area (TPSA) is 67.6 Å². The maximum atomic E-state index is 13.5. The highest BCUT2D eigenvalue weighted by Gasteiger charge is 2.63. The molecule has 3 aliphatic rings. The van der Waals surface area contributed by atoms with E-state index >= 15 is 0 Å². The fourth-order valence-electron chi connectivity index (χ4n) is 5.96. The summed E-state index contributed by atoms with van der Waals surface area (Å²) >= 11 is 0. The molecule has 0 N–H and O–H groups in total. The van der Waals surface area contributed by atoms with Crippen molar-refractivity contribution in [3.63, 3.8) is 0 Å². The molecule has 1 aliphatic carbocycles. The summed E-state index contributed by atoms with van der Waals surface area (Å²) in [6, 6.07) is 3.97. The van der Waals surface area contributed by atoms with Gasteiger partial charge in [0, 0.05) is 37.1 Å². The van der Waals surface area contributed by atoms with Crippen LogP contribution in [0.25, 0.3) is 22.3 Å². The van der Waals surface area contributed by atoms with Crippen molar-refractivity contribution in [1.82, 2.24) is 14.8 Å². The second-order valence-corrected chi connectivity index (χ2v) is 17.7. The highest BCUT2D eigenvalue weighted by molar-refractivity contribution is 6.74. The largest absolute Gasteiger partial charge is 0.467 e. The number of aryl methyl sites for hydroxylation is 2. The van der Waals surface area contributed by atoms with Gasteiger partial charge in [-0.2, -0.15) is 13.2 Å². The Labute approximate surface area is 234 Å². The molecule has 2 bridgehead atoms. The lowest BCUT2D eigenvalue weighted by molar-refractivity contribution is -0.218. The molecule has 218 valence electrons. The minimum Gasteiger partial charge on any atom is -0.467 e. The van der Waals surface area contributed by atoms with Crippen LogP contribution in [0.3, 0.4) is 0 Å². The van der Waals surface area contributed by atoms with Crippen molar-refractivity contribution in [2.24, 2.45) is 0 Å². The van der Waals surface area contributed by atoms with E-state index in [0.717, 1.165) is 41.6 Å². The van der Waals surface area contributed by atoms with E-state index in [-0.39, 0.29) is 28.7 Å². The maximum Gasteiger partial charge on any atom is 0.416 e. The molecule has 0 atom stereocenters. The van der Waals surface area contributed by atoms with Gasteiger partial charge in [-0.1, -0.05) is 20.8 Å². The van der Waals surface area contributed by atoms with Crippen molar-refractivity contribution in [3.05, 3.63) is 41.1 Å². The maximum absolute atomic E-state index is 13.5. The molecule has 1 saturated carbocycles. The van der Waals surface area contributed by atoms with Gasteiger partial charge in [0.1, 0.15) is 5.75 Å². The van der Waals surface area contributed by atoms with Crippen molar-refractivity contribution in [2.75, 3.05) is 27.1 Å².